The van der Waals surface area contributed by atoms with Gasteiger partial charge >= 0.3 is 12.3 Å². The van der Waals surface area contributed by atoms with Crippen LogP contribution >= 0.6 is 0 Å². The number of amides is 2. The quantitative estimate of drug-likeness (QED) is 0.482. The molecule has 0 aromatic rings. The molecule has 2 N–H and O–H groups in total. The van der Waals surface area contributed by atoms with Gasteiger partial charge in [0, 0.05) is 6.54 Å². The first-order chi connectivity index (χ1) is 8.45. The standard InChI is InChI=1S/C12H23F3N2O/c1-2-3-4-5-6-7-8-9-10-16-11(18)17-12(13,14)15/h2-10H2,1H3,(H2,16,17,18). The average molecular weight is 268 g/mol. The summed E-state index contributed by atoms with van der Waals surface area (Å²) in [6.45, 7) is 2.45. The molecule has 0 aromatic carbocycles. The summed E-state index contributed by atoms with van der Waals surface area (Å²) in [6, 6.07) is -1.18. The molecule has 6 heteroatoms. The smallest absolute Gasteiger partial charge is 0.338 e. The molecule has 0 aromatic heterocycles. The Hall–Kier alpha value is -0.940. The van der Waals surface area contributed by atoms with E-state index in [1.165, 1.54) is 25.7 Å². The van der Waals surface area contributed by atoms with Crippen LogP contribution in [0.4, 0.5) is 18.0 Å². The molecule has 0 aliphatic carbocycles. The van der Waals surface area contributed by atoms with Crippen LogP contribution in [0, 0.1) is 0 Å². The monoisotopic (exact) mass is 268 g/mol. The predicted octanol–water partition coefficient (Wildman–Crippen LogP) is 3.95. The number of hydrogen-bond acceptors (Lipinski definition) is 1. The van der Waals surface area contributed by atoms with Gasteiger partial charge in [0.05, 0.1) is 0 Å². The maximum atomic E-state index is 11.7. The molecular formula is C12H23F3N2O. The van der Waals surface area contributed by atoms with E-state index in [-0.39, 0.29) is 6.54 Å². The van der Waals surface area contributed by atoms with Crippen LogP contribution in [0.2, 0.25) is 0 Å². The summed E-state index contributed by atoms with van der Waals surface area (Å²) >= 11 is 0. The van der Waals surface area contributed by atoms with E-state index < -0.39 is 12.3 Å². The van der Waals surface area contributed by atoms with Crippen molar-refractivity contribution in [3.05, 3.63) is 0 Å². The van der Waals surface area contributed by atoms with Gasteiger partial charge in [0.15, 0.2) is 0 Å². The second kappa shape index (κ2) is 10.0. The third-order valence-electron chi connectivity index (χ3n) is 2.57. The fraction of sp³-hybridized carbons (Fsp3) is 0.917. The maximum Gasteiger partial charge on any atom is 0.485 e. The zero-order valence-electron chi connectivity index (χ0n) is 10.9. The lowest BCUT2D eigenvalue weighted by molar-refractivity contribution is -0.145. The van der Waals surface area contributed by atoms with Gasteiger partial charge in [-0.15, -0.1) is 0 Å². The maximum absolute atomic E-state index is 11.7. The van der Waals surface area contributed by atoms with Crippen molar-refractivity contribution in [3.8, 4) is 0 Å². The summed E-state index contributed by atoms with van der Waals surface area (Å²) in [4.78, 5) is 10.7. The van der Waals surface area contributed by atoms with Gasteiger partial charge in [-0.2, -0.15) is 13.2 Å². The normalized spacial score (nSPS) is 11.3. The molecule has 0 heterocycles. The Balaban J connectivity index is 3.23. The van der Waals surface area contributed by atoms with Crippen molar-refractivity contribution in [2.24, 2.45) is 0 Å². The second-order valence-corrected chi connectivity index (χ2v) is 4.35. The number of halogens is 3. The van der Waals surface area contributed by atoms with E-state index in [1.54, 1.807) is 0 Å². The minimum atomic E-state index is -4.65. The van der Waals surface area contributed by atoms with E-state index in [0.29, 0.717) is 0 Å². The van der Waals surface area contributed by atoms with Crippen molar-refractivity contribution in [1.82, 2.24) is 10.6 Å². The van der Waals surface area contributed by atoms with Crippen LogP contribution in [-0.4, -0.2) is 18.9 Å². The van der Waals surface area contributed by atoms with Gasteiger partial charge in [-0.3, -0.25) is 0 Å². The van der Waals surface area contributed by atoms with E-state index in [1.807, 2.05) is 0 Å². The Kier molecular flexibility index (Phi) is 9.50. The van der Waals surface area contributed by atoms with Gasteiger partial charge in [0.1, 0.15) is 0 Å². The highest BCUT2D eigenvalue weighted by Crippen LogP contribution is 2.09. The van der Waals surface area contributed by atoms with Crippen molar-refractivity contribution in [1.29, 1.82) is 0 Å². The molecule has 0 atom stereocenters. The Morgan fingerprint density at radius 1 is 0.944 bits per heavy atom. The minimum absolute atomic E-state index is 0.289. The van der Waals surface area contributed by atoms with Crippen molar-refractivity contribution in [2.45, 2.75) is 64.6 Å². The zero-order valence-corrected chi connectivity index (χ0v) is 10.9. The fourth-order valence-electron chi connectivity index (χ4n) is 1.63. The lowest BCUT2D eigenvalue weighted by Gasteiger charge is -2.09. The van der Waals surface area contributed by atoms with Crippen molar-refractivity contribution < 1.29 is 18.0 Å². The molecule has 0 aliphatic rings. The van der Waals surface area contributed by atoms with Crippen LogP contribution in [0.25, 0.3) is 0 Å². The molecule has 3 nitrogen and oxygen atoms in total. The Morgan fingerprint density at radius 3 is 1.94 bits per heavy atom. The molecule has 0 rings (SSSR count). The van der Waals surface area contributed by atoms with Gasteiger partial charge in [-0.1, -0.05) is 51.9 Å². The Labute approximate surface area is 107 Å². The van der Waals surface area contributed by atoms with E-state index >= 15 is 0 Å². The molecule has 0 radical (unpaired) electrons. The summed E-state index contributed by atoms with van der Waals surface area (Å²) < 4.78 is 35.1. The van der Waals surface area contributed by atoms with Crippen molar-refractivity contribution in [2.75, 3.05) is 6.54 Å². The first kappa shape index (κ1) is 17.1. The van der Waals surface area contributed by atoms with Gasteiger partial charge in [-0.05, 0) is 6.42 Å². The first-order valence-electron chi connectivity index (χ1n) is 6.58. The van der Waals surface area contributed by atoms with Crippen LogP contribution in [0.15, 0.2) is 0 Å². The highest BCUT2D eigenvalue weighted by molar-refractivity contribution is 5.74. The van der Waals surface area contributed by atoms with Crippen LogP contribution in [0.3, 0.4) is 0 Å². The molecule has 2 amide bonds. The van der Waals surface area contributed by atoms with Gasteiger partial charge in [-0.25, -0.2) is 10.1 Å². The summed E-state index contributed by atoms with van der Waals surface area (Å²) in [7, 11) is 0. The fourth-order valence-corrected chi connectivity index (χ4v) is 1.63. The van der Waals surface area contributed by atoms with E-state index in [4.69, 9.17) is 0 Å². The van der Waals surface area contributed by atoms with Gasteiger partial charge in [0.25, 0.3) is 0 Å². The van der Waals surface area contributed by atoms with Crippen LogP contribution in [-0.2, 0) is 0 Å². The second-order valence-electron chi connectivity index (χ2n) is 4.35. The molecule has 18 heavy (non-hydrogen) atoms. The Bertz CT molecular complexity index is 220. The highest BCUT2D eigenvalue weighted by atomic mass is 19.4. The number of rotatable bonds is 9. The SMILES string of the molecule is CCCCCCCCCCNC(=O)NC(F)(F)F. The van der Waals surface area contributed by atoms with Crippen molar-refractivity contribution in [3.63, 3.8) is 0 Å². The molecule has 0 unspecified atom stereocenters. The largest absolute Gasteiger partial charge is 0.485 e. The van der Waals surface area contributed by atoms with Gasteiger partial charge < -0.3 is 5.32 Å². The molecule has 0 bridgehead atoms. The average Bonchev–Trinajstić information content (AvgIpc) is 2.24. The van der Waals surface area contributed by atoms with E-state index in [0.717, 1.165) is 31.0 Å². The summed E-state index contributed by atoms with van der Waals surface area (Å²) in [6.07, 6.45) is 4.21. The Morgan fingerprint density at radius 2 is 1.44 bits per heavy atom. The van der Waals surface area contributed by atoms with Gasteiger partial charge in [0.2, 0.25) is 0 Å². The molecule has 0 spiro atoms. The topological polar surface area (TPSA) is 41.1 Å². The van der Waals surface area contributed by atoms with Crippen molar-refractivity contribution >= 4 is 6.03 Å². The highest BCUT2D eigenvalue weighted by Gasteiger charge is 2.29. The number of alkyl halides is 3. The van der Waals surface area contributed by atoms with Crippen LogP contribution in [0.1, 0.15) is 58.3 Å². The lowest BCUT2D eigenvalue weighted by atomic mass is 10.1. The van der Waals surface area contributed by atoms with E-state index in [9.17, 15) is 18.0 Å². The van der Waals surface area contributed by atoms with E-state index in [2.05, 4.69) is 12.2 Å². The predicted molar refractivity (Wildman–Crippen MR) is 65.2 cm³/mol. The number of urea groups is 1. The molecule has 108 valence electrons. The lowest BCUT2D eigenvalue weighted by Crippen LogP contribution is -2.44. The van der Waals surface area contributed by atoms with Crippen LogP contribution in [0.5, 0.6) is 0 Å². The summed E-state index contributed by atoms with van der Waals surface area (Å²) in [5.41, 5.74) is 0. The summed E-state index contributed by atoms with van der Waals surface area (Å²) in [5, 5.41) is 3.07. The summed E-state index contributed by atoms with van der Waals surface area (Å²) in [5.74, 6) is 0. The number of unbranched alkanes of at least 4 members (excludes halogenated alkanes) is 7. The molecule has 0 fully saturated rings. The third kappa shape index (κ3) is 13.1. The number of carbonyl (C=O) groups is 1. The number of carbonyl (C=O) groups excluding carboxylic acids is 1. The molecule has 0 saturated carbocycles. The number of hydrogen-bond donors (Lipinski definition) is 2. The molecular weight excluding hydrogens is 245 g/mol. The first-order valence-corrected chi connectivity index (χ1v) is 6.58. The number of nitrogens with one attached hydrogen (secondary N) is 2. The minimum Gasteiger partial charge on any atom is -0.338 e. The molecule has 0 aliphatic heterocycles. The third-order valence-corrected chi connectivity index (χ3v) is 2.57. The van der Waals surface area contributed by atoms with Crippen LogP contribution < -0.4 is 10.6 Å². The zero-order chi connectivity index (χ0) is 13.9. The molecule has 0 saturated heterocycles.